The summed E-state index contributed by atoms with van der Waals surface area (Å²) < 4.78 is 1.44. The van der Waals surface area contributed by atoms with Crippen LogP contribution >= 0.6 is 0 Å². The summed E-state index contributed by atoms with van der Waals surface area (Å²) in [7, 11) is 0. The number of H-pyrrole nitrogens is 1. The first-order chi connectivity index (χ1) is 10.4. The summed E-state index contributed by atoms with van der Waals surface area (Å²) in [6.45, 7) is 7.07. The predicted molar refractivity (Wildman–Crippen MR) is 83.9 cm³/mol. The molecule has 0 atom stereocenters. The maximum absolute atomic E-state index is 12.1. The van der Waals surface area contributed by atoms with E-state index in [0.717, 1.165) is 12.0 Å². The molecule has 7 heteroatoms. The number of carbonyl (C=O) groups is 1. The number of nitrogens with zero attached hydrogens (tertiary/aromatic N) is 2. The van der Waals surface area contributed by atoms with Crippen molar-refractivity contribution in [3.05, 3.63) is 44.2 Å². The number of nitrogens with one attached hydrogen (secondary N) is 2. The van der Waals surface area contributed by atoms with E-state index in [1.807, 2.05) is 20.8 Å². The lowest BCUT2D eigenvalue weighted by molar-refractivity contribution is 0.200. The molecule has 0 bridgehead atoms. The molecule has 2 N–H and O–H groups in total. The number of hydrogen-bond acceptors (Lipinski definition) is 3. The van der Waals surface area contributed by atoms with Crippen LogP contribution in [0.2, 0.25) is 0 Å². The highest BCUT2D eigenvalue weighted by Gasteiger charge is 2.16. The molecule has 2 heterocycles. The van der Waals surface area contributed by atoms with E-state index in [4.69, 9.17) is 0 Å². The molecule has 2 rings (SSSR count). The predicted octanol–water partition coefficient (Wildman–Crippen LogP) is 0.979. The number of urea groups is 1. The second-order valence-corrected chi connectivity index (χ2v) is 5.83. The van der Waals surface area contributed by atoms with Gasteiger partial charge in [0.1, 0.15) is 0 Å². The highest BCUT2D eigenvalue weighted by atomic mass is 16.2. The first-order valence-electron chi connectivity index (χ1n) is 7.41. The van der Waals surface area contributed by atoms with Gasteiger partial charge >= 0.3 is 11.7 Å². The fourth-order valence-electron chi connectivity index (χ4n) is 2.40. The number of hydrogen-bond donors (Lipinski definition) is 2. The molecule has 0 aromatic carbocycles. The average molecular weight is 306 g/mol. The third-order valence-electron chi connectivity index (χ3n) is 3.65. The second-order valence-electron chi connectivity index (χ2n) is 5.83. The number of carbonyl (C=O) groups excluding carboxylic acids is 1. The van der Waals surface area contributed by atoms with Crippen molar-refractivity contribution in [3.63, 3.8) is 0 Å². The lowest BCUT2D eigenvalue weighted by atomic mass is 10.1. The van der Waals surface area contributed by atoms with Crippen LogP contribution in [0.3, 0.4) is 0 Å². The summed E-state index contributed by atoms with van der Waals surface area (Å²) in [5, 5.41) is 2.74. The Balaban J connectivity index is 2.07. The number of amides is 2. The van der Waals surface area contributed by atoms with Crippen molar-refractivity contribution in [2.75, 3.05) is 13.1 Å². The van der Waals surface area contributed by atoms with E-state index in [-0.39, 0.29) is 18.6 Å². The van der Waals surface area contributed by atoms with E-state index in [1.165, 1.54) is 10.8 Å². The van der Waals surface area contributed by atoms with Crippen LogP contribution in [0.5, 0.6) is 0 Å². The molecule has 0 radical (unpaired) electrons. The van der Waals surface area contributed by atoms with E-state index in [9.17, 15) is 14.4 Å². The van der Waals surface area contributed by atoms with Crippen molar-refractivity contribution in [2.24, 2.45) is 0 Å². The van der Waals surface area contributed by atoms with Gasteiger partial charge in [-0.15, -0.1) is 0 Å². The van der Waals surface area contributed by atoms with Crippen molar-refractivity contribution in [3.8, 4) is 0 Å². The molecular formula is C15H22N4O3. The minimum absolute atomic E-state index is 0.0614. The van der Waals surface area contributed by atoms with E-state index in [2.05, 4.69) is 16.4 Å². The molecule has 1 aliphatic heterocycles. The lowest BCUT2D eigenvalue weighted by Crippen LogP contribution is -2.43. The number of aromatic nitrogens is 2. The Morgan fingerprint density at radius 2 is 2.14 bits per heavy atom. The molecule has 0 fully saturated rings. The Morgan fingerprint density at radius 1 is 1.41 bits per heavy atom. The van der Waals surface area contributed by atoms with E-state index < -0.39 is 11.2 Å². The Bertz CT molecular complexity index is 699. The van der Waals surface area contributed by atoms with Gasteiger partial charge in [0.25, 0.3) is 5.56 Å². The minimum atomic E-state index is -0.461. The molecule has 0 aliphatic carbocycles. The van der Waals surface area contributed by atoms with Crippen LogP contribution in [-0.2, 0) is 6.54 Å². The van der Waals surface area contributed by atoms with Crippen LogP contribution in [-0.4, -0.2) is 33.6 Å². The van der Waals surface area contributed by atoms with Crippen molar-refractivity contribution in [2.45, 2.75) is 39.8 Å². The van der Waals surface area contributed by atoms with Gasteiger partial charge in [-0.3, -0.25) is 14.3 Å². The second kappa shape index (κ2) is 6.64. The number of rotatable bonds is 3. The molecule has 1 aromatic heterocycles. The van der Waals surface area contributed by atoms with Crippen LogP contribution in [0, 0.1) is 0 Å². The summed E-state index contributed by atoms with van der Waals surface area (Å²) in [5.41, 5.74) is 0.627. The van der Waals surface area contributed by atoms with Gasteiger partial charge in [-0.2, -0.15) is 0 Å². The molecule has 1 aliphatic rings. The molecule has 120 valence electrons. The Morgan fingerprint density at radius 3 is 2.77 bits per heavy atom. The Hall–Kier alpha value is -2.31. The largest absolute Gasteiger partial charge is 0.334 e. The summed E-state index contributed by atoms with van der Waals surface area (Å²) in [4.78, 5) is 39.6. The van der Waals surface area contributed by atoms with Crippen LogP contribution < -0.4 is 16.6 Å². The smallest absolute Gasteiger partial charge is 0.328 e. The molecule has 0 saturated carbocycles. The third kappa shape index (κ3) is 3.66. The van der Waals surface area contributed by atoms with Crippen LogP contribution in [0.1, 0.15) is 38.8 Å². The van der Waals surface area contributed by atoms with E-state index >= 15 is 0 Å². The summed E-state index contributed by atoms with van der Waals surface area (Å²) in [6, 6.07) is -0.261. The molecule has 2 amide bonds. The molecule has 22 heavy (non-hydrogen) atoms. The van der Waals surface area contributed by atoms with E-state index in [1.54, 1.807) is 4.90 Å². The van der Waals surface area contributed by atoms with Gasteiger partial charge in [-0.1, -0.05) is 11.6 Å². The first-order valence-corrected chi connectivity index (χ1v) is 7.41. The maximum atomic E-state index is 12.1. The van der Waals surface area contributed by atoms with E-state index in [0.29, 0.717) is 18.7 Å². The molecule has 0 unspecified atom stereocenters. The average Bonchev–Trinajstić information content (AvgIpc) is 2.45. The van der Waals surface area contributed by atoms with Gasteiger partial charge in [0.05, 0.1) is 12.1 Å². The van der Waals surface area contributed by atoms with Crippen molar-refractivity contribution in [1.29, 1.82) is 0 Å². The van der Waals surface area contributed by atoms with Crippen LogP contribution in [0.4, 0.5) is 4.79 Å². The van der Waals surface area contributed by atoms with Gasteiger partial charge in [-0.05, 0) is 27.2 Å². The fourth-order valence-corrected chi connectivity index (χ4v) is 2.40. The Labute approximate surface area is 128 Å². The minimum Gasteiger partial charge on any atom is -0.334 e. The van der Waals surface area contributed by atoms with Gasteiger partial charge in [0.2, 0.25) is 0 Å². The molecule has 1 aromatic rings. The van der Waals surface area contributed by atoms with Gasteiger partial charge in [-0.25, -0.2) is 9.59 Å². The zero-order chi connectivity index (χ0) is 16.3. The normalized spacial score (nSPS) is 14.9. The SMILES string of the molecule is CC1=CCCN(C(=O)NCc2cn(C(C)C)c(=O)[nH]c2=O)C1. The quantitative estimate of drug-likeness (QED) is 0.816. The number of aromatic amines is 1. The first kappa shape index (κ1) is 16.1. The molecule has 0 saturated heterocycles. The molecular weight excluding hydrogens is 284 g/mol. The summed E-state index contributed by atoms with van der Waals surface area (Å²) >= 11 is 0. The Kier molecular flexibility index (Phi) is 4.85. The third-order valence-corrected chi connectivity index (χ3v) is 3.65. The lowest BCUT2D eigenvalue weighted by Gasteiger charge is -2.26. The molecule has 7 nitrogen and oxygen atoms in total. The van der Waals surface area contributed by atoms with Crippen molar-refractivity contribution in [1.82, 2.24) is 19.8 Å². The summed E-state index contributed by atoms with van der Waals surface area (Å²) in [5.74, 6) is 0. The topological polar surface area (TPSA) is 87.2 Å². The standard InChI is InChI=1S/C15H22N4O3/c1-10(2)19-9-12(13(20)17-15(19)22)7-16-14(21)18-6-4-5-11(3)8-18/h5,9-10H,4,6-8H2,1-3H3,(H,16,21)(H,17,20,22). The fraction of sp³-hybridized carbons (Fsp3) is 0.533. The van der Waals surface area contributed by atoms with Gasteiger partial charge in [0, 0.05) is 25.3 Å². The van der Waals surface area contributed by atoms with Gasteiger partial charge in [0.15, 0.2) is 0 Å². The van der Waals surface area contributed by atoms with Crippen LogP contribution in [0.15, 0.2) is 27.4 Å². The molecule has 0 spiro atoms. The highest BCUT2D eigenvalue weighted by Crippen LogP contribution is 2.08. The van der Waals surface area contributed by atoms with Crippen molar-refractivity contribution >= 4 is 6.03 Å². The summed E-state index contributed by atoms with van der Waals surface area (Å²) in [6.07, 6.45) is 4.47. The zero-order valence-corrected chi connectivity index (χ0v) is 13.2. The maximum Gasteiger partial charge on any atom is 0.328 e. The highest BCUT2D eigenvalue weighted by molar-refractivity contribution is 5.74. The van der Waals surface area contributed by atoms with Crippen LogP contribution in [0.25, 0.3) is 0 Å². The van der Waals surface area contributed by atoms with Gasteiger partial charge < -0.3 is 10.2 Å². The zero-order valence-electron chi connectivity index (χ0n) is 13.2. The van der Waals surface area contributed by atoms with Crippen molar-refractivity contribution < 1.29 is 4.79 Å². The monoisotopic (exact) mass is 306 g/mol.